The van der Waals surface area contributed by atoms with Crippen LogP contribution in [0.1, 0.15) is 26.7 Å². The van der Waals surface area contributed by atoms with Gasteiger partial charge in [0.05, 0.1) is 6.20 Å². The van der Waals surface area contributed by atoms with Gasteiger partial charge in [0, 0.05) is 11.6 Å². The summed E-state index contributed by atoms with van der Waals surface area (Å²) in [4.78, 5) is 3.96. The first-order valence-corrected chi connectivity index (χ1v) is 3.65. The van der Waals surface area contributed by atoms with Gasteiger partial charge in [0.1, 0.15) is 5.83 Å². The molecule has 0 radical (unpaired) electrons. The predicted octanol–water partition coefficient (Wildman–Crippen LogP) is 2.69. The Morgan fingerprint density at radius 3 is 3.00 bits per heavy atom. The Hall–Kier alpha value is -0.660. The highest BCUT2D eigenvalue weighted by molar-refractivity contribution is 5.85. The number of halogens is 1. The van der Waals surface area contributed by atoms with E-state index in [-0.39, 0.29) is 11.7 Å². The molecule has 1 unspecified atom stereocenters. The first-order valence-electron chi connectivity index (χ1n) is 3.65. The standard InChI is InChI=1S/C8H12FN/c1-3-7-4-6(2)8(9)5-10-7/h5-6H,3-4H2,1-2H3. The van der Waals surface area contributed by atoms with E-state index in [1.807, 2.05) is 13.8 Å². The second kappa shape index (κ2) is 2.95. The highest BCUT2D eigenvalue weighted by atomic mass is 19.1. The highest BCUT2D eigenvalue weighted by Crippen LogP contribution is 2.21. The second-order valence-electron chi connectivity index (χ2n) is 2.67. The summed E-state index contributed by atoms with van der Waals surface area (Å²) in [6.45, 7) is 3.93. The van der Waals surface area contributed by atoms with Gasteiger partial charge in [0.25, 0.3) is 0 Å². The topological polar surface area (TPSA) is 12.4 Å². The molecule has 1 atom stereocenters. The summed E-state index contributed by atoms with van der Waals surface area (Å²) < 4.78 is 12.6. The minimum Gasteiger partial charge on any atom is -0.263 e. The molecule has 0 saturated heterocycles. The van der Waals surface area contributed by atoms with Gasteiger partial charge in [0.2, 0.25) is 0 Å². The van der Waals surface area contributed by atoms with Crippen LogP contribution in [0.15, 0.2) is 17.0 Å². The van der Waals surface area contributed by atoms with Crippen molar-refractivity contribution in [3.05, 3.63) is 12.0 Å². The number of hydrogen-bond acceptors (Lipinski definition) is 1. The molecular formula is C8H12FN. The van der Waals surface area contributed by atoms with Crippen LogP contribution in [-0.4, -0.2) is 5.71 Å². The lowest BCUT2D eigenvalue weighted by Gasteiger charge is -2.13. The van der Waals surface area contributed by atoms with Gasteiger partial charge >= 0.3 is 0 Å². The Morgan fingerprint density at radius 2 is 2.50 bits per heavy atom. The fraction of sp³-hybridized carbons (Fsp3) is 0.625. The average molecular weight is 141 g/mol. The van der Waals surface area contributed by atoms with Crippen LogP contribution in [0.4, 0.5) is 4.39 Å². The van der Waals surface area contributed by atoms with Gasteiger partial charge in [-0.1, -0.05) is 13.8 Å². The molecule has 0 amide bonds. The summed E-state index contributed by atoms with van der Waals surface area (Å²) >= 11 is 0. The molecule has 0 aliphatic carbocycles. The zero-order valence-corrected chi connectivity index (χ0v) is 6.39. The Bertz CT molecular complexity index is 182. The highest BCUT2D eigenvalue weighted by Gasteiger charge is 2.14. The third-order valence-electron chi connectivity index (χ3n) is 1.79. The maximum atomic E-state index is 12.6. The van der Waals surface area contributed by atoms with Crippen molar-refractivity contribution in [2.45, 2.75) is 26.7 Å². The molecule has 1 aliphatic heterocycles. The monoisotopic (exact) mass is 141 g/mol. The molecule has 1 rings (SSSR count). The minimum atomic E-state index is -0.0859. The quantitative estimate of drug-likeness (QED) is 0.532. The smallest absolute Gasteiger partial charge is 0.121 e. The molecule has 0 spiro atoms. The number of nitrogens with zero attached hydrogens (tertiary/aromatic N) is 1. The van der Waals surface area contributed by atoms with E-state index in [1.165, 1.54) is 6.20 Å². The van der Waals surface area contributed by atoms with E-state index in [4.69, 9.17) is 0 Å². The zero-order chi connectivity index (χ0) is 7.56. The lowest BCUT2D eigenvalue weighted by atomic mass is 10.00. The fourth-order valence-electron chi connectivity index (χ4n) is 1.02. The van der Waals surface area contributed by atoms with Crippen molar-refractivity contribution < 1.29 is 4.39 Å². The molecule has 0 N–H and O–H groups in total. The van der Waals surface area contributed by atoms with Gasteiger partial charge < -0.3 is 0 Å². The molecule has 1 aliphatic rings. The maximum Gasteiger partial charge on any atom is 0.121 e. The Balaban J connectivity index is 2.68. The summed E-state index contributed by atoms with van der Waals surface area (Å²) in [5.41, 5.74) is 1.11. The fourth-order valence-corrected chi connectivity index (χ4v) is 1.02. The molecule has 0 aromatic heterocycles. The van der Waals surface area contributed by atoms with E-state index < -0.39 is 0 Å². The second-order valence-corrected chi connectivity index (χ2v) is 2.67. The Kier molecular flexibility index (Phi) is 2.20. The van der Waals surface area contributed by atoms with Gasteiger partial charge in [-0.3, -0.25) is 4.99 Å². The minimum absolute atomic E-state index is 0.0486. The van der Waals surface area contributed by atoms with E-state index in [0.29, 0.717) is 0 Å². The summed E-state index contributed by atoms with van der Waals surface area (Å²) in [6, 6.07) is 0. The zero-order valence-electron chi connectivity index (χ0n) is 6.39. The molecule has 2 heteroatoms. The first kappa shape index (κ1) is 7.45. The molecule has 0 bridgehead atoms. The van der Waals surface area contributed by atoms with E-state index in [0.717, 1.165) is 18.6 Å². The third kappa shape index (κ3) is 1.43. The lowest BCUT2D eigenvalue weighted by molar-refractivity contribution is 0.493. The first-order chi connectivity index (χ1) is 4.74. The third-order valence-corrected chi connectivity index (χ3v) is 1.79. The van der Waals surface area contributed by atoms with Crippen LogP contribution < -0.4 is 0 Å². The van der Waals surface area contributed by atoms with Crippen LogP contribution in [0.2, 0.25) is 0 Å². The van der Waals surface area contributed by atoms with Crippen molar-refractivity contribution in [3.63, 3.8) is 0 Å². The maximum absolute atomic E-state index is 12.6. The van der Waals surface area contributed by atoms with E-state index in [2.05, 4.69) is 4.99 Å². The van der Waals surface area contributed by atoms with Crippen LogP contribution in [-0.2, 0) is 0 Å². The molecular weight excluding hydrogens is 129 g/mol. The van der Waals surface area contributed by atoms with Crippen LogP contribution in [0.3, 0.4) is 0 Å². The van der Waals surface area contributed by atoms with E-state index in [9.17, 15) is 4.39 Å². The van der Waals surface area contributed by atoms with Crippen LogP contribution in [0.25, 0.3) is 0 Å². The van der Waals surface area contributed by atoms with Crippen molar-refractivity contribution in [3.8, 4) is 0 Å². The van der Waals surface area contributed by atoms with Gasteiger partial charge in [0.15, 0.2) is 0 Å². The van der Waals surface area contributed by atoms with Crippen LogP contribution in [0.5, 0.6) is 0 Å². The number of hydrogen-bond donors (Lipinski definition) is 0. The van der Waals surface area contributed by atoms with E-state index in [1.54, 1.807) is 0 Å². The van der Waals surface area contributed by atoms with Crippen molar-refractivity contribution in [2.24, 2.45) is 10.9 Å². The Labute approximate surface area is 60.7 Å². The summed E-state index contributed by atoms with van der Waals surface area (Å²) in [6.07, 6.45) is 3.07. The molecule has 0 aromatic carbocycles. The molecule has 0 aromatic rings. The number of rotatable bonds is 1. The predicted molar refractivity (Wildman–Crippen MR) is 40.7 cm³/mol. The van der Waals surface area contributed by atoms with Crippen molar-refractivity contribution >= 4 is 5.71 Å². The Morgan fingerprint density at radius 1 is 1.80 bits per heavy atom. The molecule has 56 valence electrons. The molecule has 1 heterocycles. The van der Waals surface area contributed by atoms with E-state index >= 15 is 0 Å². The summed E-state index contributed by atoms with van der Waals surface area (Å²) in [5, 5.41) is 0. The van der Waals surface area contributed by atoms with Gasteiger partial charge in [-0.25, -0.2) is 4.39 Å². The normalized spacial score (nSPS) is 25.7. The van der Waals surface area contributed by atoms with Crippen LogP contribution >= 0.6 is 0 Å². The molecule has 0 fully saturated rings. The van der Waals surface area contributed by atoms with Gasteiger partial charge in [-0.2, -0.15) is 0 Å². The van der Waals surface area contributed by atoms with Gasteiger partial charge in [-0.05, 0) is 12.8 Å². The van der Waals surface area contributed by atoms with Crippen LogP contribution in [0, 0.1) is 5.92 Å². The SMILES string of the molecule is CCC1=NC=C(F)C(C)C1. The molecule has 0 saturated carbocycles. The molecule has 1 nitrogen and oxygen atoms in total. The number of allylic oxidation sites excluding steroid dienone is 1. The molecule has 10 heavy (non-hydrogen) atoms. The van der Waals surface area contributed by atoms with Crippen molar-refractivity contribution in [1.29, 1.82) is 0 Å². The van der Waals surface area contributed by atoms with Gasteiger partial charge in [-0.15, -0.1) is 0 Å². The lowest BCUT2D eigenvalue weighted by Crippen LogP contribution is -2.08. The average Bonchev–Trinajstić information content (AvgIpc) is 1.95. The summed E-state index contributed by atoms with van der Waals surface area (Å²) in [7, 11) is 0. The largest absolute Gasteiger partial charge is 0.263 e. The number of aliphatic imine (C=N–C) groups is 1. The van der Waals surface area contributed by atoms with Crippen molar-refractivity contribution in [1.82, 2.24) is 0 Å². The van der Waals surface area contributed by atoms with Crippen molar-refractivity contribution in [2.75, 3.05) is 0 Å². The summed E-state index contributed by atoms with van der Waals surface area (Å²) in [5.74, 6) is -0.0374.